The van der Waals surface area contributed by atoms with Gasteiger partial charge in [0.15, 0.2) is 0 Å². The Morgan fingerprint density at radius 1 is 1.22 bits per heavy atom. The fourth-order valence-corrected chi connectivity index (χ4v) is 4.15. The van der Waals surface area contributed by atoms with Gasteiger partial charge >= 0.3 is 0 Å². The molecule has 1 aromatic carbocycles. The lowest BCUT2D eigenvalue weighted by atomic mass is 10.1. The summed E-state index contributed by atoms with van der Waals surface area (Å²) in [5.41, 5.74) is 3.70. The Kier molecular flexibility index (Phi) is 5.42. The van der Waals surface area contributed by atoms with Crippen molar-refractivity contribution < 1.29 is 12.8 Å². The molecule has 0 saturated carbocycles. The Balaban J connectivity index is 1.69. The highest BCUT2D eigenvalue weighted by Crippen LogP contribution is 2.23. The molecule has 3 heterocycles. The van der Waals surface area contributed by atoms with Gasteiger partial charge in [0.2, 0.25) is 0 Å². The average Bonchev–Trinajstić information content (AvgIpc) is 3.21. The van der Waals surface area contributed by atoms with Crippen molar-refractivity contribution in [3.8, 4) is 17.2 Å². The van der Waals surface area contributed by atoms with E-state index in [2.05, 4.69) is 15.1 Å². The zero-order valence-electron chi connectivity index (χ0n) is 17.1. The van der Waals surface area contributed by atoms with Crippen LogP contribution >= 0.6 is 0 Å². The maximum absolute atomic E-state index is 13.6. The van der Waals surface area contributed by atoms with Gasteiger partial charge in [-0.05, 0) is 42.8 Å². The summed E-state index contributed by atoms with van der Waals surface area (Å²) in [7, 11) is -2.81. The molecule has 0 spiro atoms. The van der Waals surface area contributed by atoms with E-state index in [-0.39, 0.29) is 10.5 Å². The molecule has 4 rings (SSSR count). The highest BCUT2D eigenvalue weighted by atomic mass is 32.2. The summed E-state index contributed by atoms with van der Waals surface area (Å²) in [5, 5.41) is 13.0. The predicted molar refractivity (Wildman–Crippen MR) is 117 cm³/mol. The van der Waals surface area contributed by atoms with Crippen molar-refractivity contribution in [2.45, 2.75) is 11.8 Å². The van der Waals surface area contributed by atoms with Gasteiger partial charge in [-0.1, -0.05) is 6.07 Å². The highest BCUT2D eigenvalue weighted by molar-refractivity contribution is 7.89. The number of fused-ring (bicyclic) bond motifs is 1. The third-order valence-electron chi connectivity index (χ3n) is 4.87. The number of aromatic nitrogens is 3. The second-order valence-electron chi connectivity index (χ2n) is 6.97. The van der Waals surface area contributed by atoms with E-state index in [0.29, 0.717) is 11.3 Å². The number of nitrogens with zero attached hydrogens (tertiary/aromatic N) is 6. The standard InChI is InChI=1S/C22H17FN6O2S/c1-15-8-18(16-4-3-7-25-11-16)14-29-19(12-26-22(15)29)13-27-28(2)32(30,31)20-5-6-21(23)17(9-20)10-24/h3-9,11-14H,1-2H3/b27-13+. The smallest absolute Gasteiger partial charge is 0.278 e. The first-order valence-electron chi connectivity index (χ1n) is 9.42. The molecule has 0 N–H and O–H groups in total. The van der Waals surface area contributed by atoms with Gasteiger partial charge in [0.25, 0.3) is 10.0 Å². The van der Waals surface area contributed by atoms with Crippen LogP contribution in [0.5, 0.6) is 0 Å². The quantitative estimate of drug-likeness (QED) is 0.344. The molecule has 0 aliphatic heterocycles. The summed E-state index contributed by atoms with van der Waals surface area (Å²) in [4.78, 5) is 8.31. The zero-order chi connectivity index (χ0) is 22.9. The zero-order valence-corrected chi connectivity index (χ0v) is 18.0. The van der Waals surface area contributed by atoms with E-state index in [9.17, 15) is 12.8 Å². The lowest BCUT2D eigenvalue weighted by Gasteiger charge is -2.14. The molecule has 0 fully saturated rings. The van der Waals surface area contributed by atoms with Gasteiger partial charge in [-0.3, -0.25) is 9.38 Å². The molecule has 0 bridgehead atoms. The van der Waals surface area contributed by atoms with Crippen molar-refractivity contribution in [2.75, 3.05) is 7.05 Å². The van der Waals surface area contributed by atoms with E-state index < -0.39 is 15.8 Å². The summed E-state index contributed by atoms with van der Waals surface area (Å²) < 4.78 is 41.7. The van der Waals surface area contributed by atoms with Crippen LogP contribution in [0, 0.1) is 24.1 Å². The molecule has 0 radical (unpaired) electrons. The number of nitriles is 1. The van der Waals surface area contributed by atoms with Gasteiger partial charge in [0, 0.05) is 36.8 Å². The molecule has 0 amide bonds. The minimum atomic E-state index is -4.07. The summed E-state index contributed by atoms with van der Waals surface area (Å²) >= 11 is 0. The number of hydrazone groups is 1. The maximum Gasteiger partial charge on any atom is 0.278 e. The molecule has 160 valence electrons. The number of aryl methyl sites for hydroxylation is 1. The third kappa shape index (κ3) is 3.81. The summed E-state index contributed by atoms with van der Waals surface area (Å²) in [6.07, 6.45) is 8.29. The van der Waals surface area contributed by atoms with E-state index in [4.69, 9.17) is 5.26 Å². The Morgan fingerprint density at radius 2 is 2.03 bits per heavy atom. The van der Waals surface area contributed by atoms with Crippen molar-refractivity contribution in [3.63, 3.8) is 0 Å². The van der Waals surface area contributed by atoms with E-state index in [0.717, 1.165) is 39.3 Å². The molecule has 0 unspecified atom stereocenters. The second-order valence-corrected chi connectivity index (χ2v) is 8.92. The number of hydrogen-bond donors (Lipinski definition) is 0. The minimum absolute atomic E-state index is 0.233. The van der Waals surface area contributed by atoms with Gasteiger partial charge in [0.05, 0.1) is 28.6 Å². The van der Waals surface area contributed by atoms with Crippen LogP contribution in [-0.2, 0) is 10.0 Å². The normalized spacial score (nSPS) is 11.7. The number of hydrogen-bond acceptors (Lipinski definition) is 6. The number of halogens is 1. The van der Waals surface area contributed by atoms with Crippen LogP contribution in [0.2, 0.25) is 0 Å². The topological polar surface area (TPSA) is 104 Å². The largest absolute Gasteiger partial charge is 0.298 e. The van der Waals surface area contributed by atoms with Crippen molar-refractivity contribution in [1.82, 2.24) is 18.8 Å². The molecular weight excluding hydrogens is 431 g/mol. The van der Waals surface area contributed by atoms with Crippen LogP contribution in [-0.4, -0.2) is 40.5 Å². The monoisotopic (exact) mass is 448 g/mol. The molecule has 0 aliphatic carbocycles. The summed E-state index contributed by atoms with van der Waals surface area (Å²) in [6.45, 7) is 1.93. The van der Waals surface area contributed by atoms with Crippen LogP contribution in [0.4, 0.5) is 4.39 Å². The second kappa shape index (κ2) is 8.20. The van der Waals surface area contributed by atoms with Crippen molar-refractivity contribution >= 4 is 21.9 Å². The maximum atomic E-state index is 13.6. The number of benzene rings is 1. The van der Waals surface area contributed by atoms with Gasteiger partial charge < -0.3 is 0 Å². The van der Waals surface area contributed by atoms with Crippen LogP contribution < -0.4 is 0 Å². The molecule has 32 heavy (non-hydrogen) atoms. The molecule has 0 atom stereocenters. The Bertz CT molecular complexity index is 1490. The molecule has 4 aromatic rings. The average molecular weight is 448 g/mol. The van der Waals surface area contributed by atoms with Gasteiger partial charge in [-0.15, -0.1) is 0 Å². The van der Waals surface area contributed by atoms with Crippen molar-refractivity contribution in [2.24, 2.45) is 5.10 Å². The number of pyridine rings is 2. The van der Waals surface area contributed by atoms with Crippen LogP contribution in [0.1, 0.15) is 16.8 Å². The molecule has 10 heteroatoms. The van der Waals surface area contributed by atoms with Crippen molar-refractivity contribution in [1.29, 1.82) is 5.26 Å². The Labute approximate surface area is 184 Å². The lowest BCUT2D eigenvalue weighted by molar-refractivity contribution is 0.490. The number of sulfonamides is 1. The van der Waals surface area contributed by atoms with Crippen LogP contribution in [0.15, 0.2) is 71.2 Å². The fraction of sp³-hybridized carbons (Fsp3) is 0.0909. The van der Waals surface area contributed by atoms with Crippen molar-refractivity contribution in [3.05, 3.63) is 83.8 Å². The van der Waals surface area contributed by atoms with E-state index in [1.54, 1.807) is 24.7 Å². The van der Waals surface area contributed by atoms with Gasteiger partial charge in [-0.2, -0.15) is 23.2 Å². The van der Waals surface area contributed by atoms with Gasteiger partial charge in [0.1, 0.15) is 17.5 Å². The number of imidazole rings is 1. The minimum Gasteiger partial charge on any atom is -0.298 e. The van der Waals surface area contributed by atoms with Crippen LogP contribution in [0.25, 0.3) is 16.8 Å². The SMILES string of the molecule is Cc1cc(-c2cccnc2)cn2c(/C=N/N(C)S(=O)(=O)c3ccc(F)c(C#N)c3)cnc12. The first-order valence-corrected chi connectivity index (χ1v) is 10.9. The molecule has 8 nitrogen and oxygen atoms in total. The van der Waals surface area contributed by atoms with Gasteiger partial charge in [-0.25, -0.2) is 9.37 Å². The predicted octanol–water partition coefficient (Wildman–Crippen LogP) is 3.37. The molecule has 0 aliphatic rings. The van der Waals surface area contributed by atoms with E-state index in [1.807, 2.05) is 35.7 Å². The summed E-state index contributed by atoms with van der Waals surface area (Å²) in [5.74, 6) is -0.789. The lowest BCUT2D eigenvalue weighted by Crippen LogP contribution is -2.22. The third-order valence-corrected chi connectivity index (χ3v) is 6.51. The summed E-state index contributed by atoms with van der Waals surface area (Å²) in [6, 6.07) is 10.4. The Morgan fingerprint density at radius 3 is 2.75 bits per heavy atom. The Hall–Kier alpha value is -4.10. The molecule has 3 aromatic heterocycles. The van der Waals surface area contributed by atoms with E-state index in [1.165, 1.54) is 13.3 Å². The van der Waals surface area contributed by atoms with E-state index >= 15 is 0 Å². The first kappa shape index (κ1) is 21.1. The number of rotatable bonds is 5. The molecular formula is C22H17FN6O2S. The molecule has 0 saturated heterocycles. The highest BCUT2D eigenvalue weighted by Gasteiger charge is 2.21. The van der Waals surface area contributed by atoms with Crippen LogP contribution in [0.3, 0.4) is 0 Å². The fourth-order valence-electron chi connectivity index (χ4n) is 3.17. The first-order chi connectivity index (χ1) is 15.3.